The molecule has 18 heteroatoms. The van der Waals surface area contributed by atoms with E-state index in [1.54, 1.807) is 53.7 Å². The molecule has 4 aromatic heterocycles. The third-order valence-corrected chi connectivity index (χ3v) is 7.51. The molecule has 284 valence electrons. The van der Waals surface area contributed by atoms with Gasteiger partial charge in [0.2, 0.25) is 0 Å². The molecule has 0 spiro atoms. The molecule has 54 heavy (non-hydrogen) atoms. The van der Waals surface area contributed by atoms with Gasteiger partial charge in [-0.2, -0.15) is 0 Å². The topological polar surface area (TPSA) is 181 Å². The Labute approximate surface area is 324 Å². The van der Waals surface area contributed by atoms with Crippen molar-refractivity contribution in [2.75, 3.05) is 11.5 Å². The van der Waals surface area contributed by atoms with Crippen molar-refractivity contribution >= 4 is 93.1 Å². The monoisotopic (exact) mass is 802 g/mol. The fraction of sp³-hybridized carbons (Fsp3) is 0.222. The van der Waals surface area contributed by atoms with Gasteiger partial charge in [0.1, 0.15) is 39.6 Å². The van der Waals surface area contributed by atoms with Crippen LogP contribution in [0, 0.1) is 11.6 Å². The average molecular weight is 804 g/mol. The van der Waals surface area contributed by atoms with Gasteiger partial charge in [-0.3, -0.25) is 4.57 Å². The van der Waals surface area contributed by atoms with Crippen molar-refractivity contribution in [2.45, 2.75) is 52.7 Å². The van der Waals surface area contributed by atoms with Crippen molar-refractivity contribution in [1.29, 1.82) is 0 Å². The van der Waals surface area contributed by atoms with E-state index in [9.17, 15) is 28.4 Å². The summed E-state index contributed by atoms with van der Waals surface area (Å²) < 4.78 is 40.8. The summed E-state index contributed by atoms with van der Waals surface area (Å²) in [5.41, 5.74) is 10.7. The van der Waals surface area contributed by atoms with Crippen molar-refractivity contribution in [3.05, 3.63) is 99.6 Å². The van der Waals surface area contributed by atoms with Crippen LogP contribution < -0.4 is 17.1 Å². The number of nitrogen functional groups attached to an aromatic ring is 2. The number of hydrogen-bond donors (Lipinski definition) is 4. The second-order valence-electron chi connectivity index (χ2n) is 13.6. The Kier molecular flexibility index (Phi) is 12.9. The van der Waals surface area contributed by atoms with Crippen LogP contribution in [0.2, 0.25) is 15.2 Å². The predicted molar refractivity (Wildman–Crippen MR) is 208 cm³/mol. The number of ether oxygens (including phenoxy) is 2. The Bertz CT molecular complexity index is 2270. The van der Waals surface area contributed by atoms with Crippen molar-refractivity contribution in [3.63, 3.8) is 0 Å². The lowest BCUT2D eigenvalue weighted by molar-refractivity contribution is 0.0536. The minimum Gasteiger partial charge on any atom is -0.443 e. The molecule has 2 aromatic carbocycles. The lowest BCUT2D eigenvalue weighted by Gasteiger charge is -2.21. The van der Waals surface area contributed by atoms with Gasteiger partial charge < -0.3 is 31.0 Å². The van der Waals surface area contributed by atoms with Crippen LogP contribution in [-0.2, 0) is 9.47 Å². The zero-order valence-electron chi connectivity index (χ0n) is 29.9. The maximum atomic E-state index is 14.2. The highest BCUT2D eigenvalue weighted by molar-refractivity contribution is 6.59. The van der Waals surface area contributed by atoms with E-state index in [2.05, 4.69) is 9.97 Å². The lowest BCUT2D eigenvalue weighted by atomic mass is 9.86. The number of anilines is 2. The van der Waals surface area contributed by atoms with E-state index in [-0.39, 0.29) is 27.7 Å². The molecule has 0 unspecified atom stereocenters. The number of hydrogen-bond acceptors (Lipinski definition) is 10. The number of nitrogens with two attached hydrogens (primary N) is 2. The van der Waals surface area contributed by atoms with Crippen LogP contribution in [0.3, 0.4) is 0 Å². The first-order valence-corrected chi connectivity index (χ1v) is 17.1. The van der Waals surface area contributed by atoms with Crippen LogP contribution >= 0.6 is 34.8 Å². The number of rotatable bonds is 2. The molecular formula is C36H36BCl3F2N6O6. The van der Waals surface area contributed by atoms with Crippen LogP contribution in [-0.4, -0.2) is 59.7 Å². The summed E-state index contributed by atoms with van der Waals surface area (Å²) in [5.74, 6) is -0.459. The molecule has 12 nitrogen and oxygen atoms in total. The Hall–Kier alpha value is -4.93. The largest absolute Gasteiger partial charge is 0.506 e. The molecule has 0 aliphatic carbocycles. The molecule has 6 rings (SSSR count). The van der Waals surface area contributed by atoms with E-state index in [0.29, 0.717) is 37.9 Å². The number of fused-ring (bicyclic) bond motifs is 2. The first kappa shape index (κ1) is 41.8. The van der Waals surface area contributed by atoms with E-state index >= 15 is 0 Å². The normalized spacial score (nSPS) is 11.4. The molecule has 0 radical (unpaired) electrons. The van der Waals surface area contributed by atoms with E-state index in [0.717, 1.165) is 4.57 Å². The number of pyridine rings is 2. The highest BCUT2D eigenvalue weighted by Crippen LogP contribution is 2.32. The van der Waals surface area contributed by atoms with Gasteiger partial charge in [-0.15, -0.1) is 0 Å². The van der Waals surface area contributed by atoms with Crippen molar-refractivity contribution in [3.8, 4) is 11.4 Å². The molecule has 0 bridgehead atoms. The van der Waals surface area contributed by atoms with Crippen LogP contribution in [0.1, 0.15) is 41.5 Å². The lowest BCUT2D eigenvalue weighted by Crippen LogP contribution is -2.40. The van der Waals surface area contributed by atoms with Gasteiger partial charge in [0.05, 0.1) is 28.0 Å². The van der Waals surface area contributed by atoms with Gasteiger partial charge >= 0.3 is 19.3 Å². The molecule has 0 aliphatic heterocycles. The highest BCUT2D eigenvalue weighted by Gasteiger charge is 2.28. The van der Waals surface area contributed by atoms with E-state index in [1.165, 1.54) is 65.2 Å². The third kappa shape index (κ3) is 10.6. The quantitative estimate of drug-likeness (QED) is 0.0988. The number of carbonyl (C=O) groups excluding carboxylic acids is 2. The predicted octanol–water partition coefficient (Wildman–Crippen LogP) is 8.08. The van der Waals surface area contributed by atoms with Crippen molar-refractivity contribution in [1.82, 2.24) is 19.1 Å². The van der Waals surface area contributed by atoms with Gasteiger partial charge in [0.15, 0.2) is 0 Å². The fourth-order valence-corrected chi connectivity index (χ4v) is 5.64. The van der Waals surface area contributed by atoms with E-state index in [1.807, 2.05) is 0 Å². The number of halogens is 5. The number of aromatic nitrogens is 4. The summed E-state index contributed by atoms with van der Waals surface area (Å²) >= 11 is 17.1. The summed E-state index contributed by atoms with van der Waals surface area (Å²) in [6.45, 7) is 10.3. The molecule has 0 amide bonds. The number of benzene rings is 2. The molecule has 6 N–H and O–H groups in total. The summed E-state index contributed by atoms with van der Waals surface area (Å²) in [4.78, 5) is 32.8. The van der Waals surface area contributed by atoms with E-state index < -0.39 is 42.1 Å². The van der Waals surface area contributed by atoms with Gasteiger partial charge in [-0.1, -0.05) is 46.9 Å². The first-order chi connectivity index (χ1) is 25.0. The van der Waals surface area contributed by atoms with Crippen LogP contribution in [0.25, 0.3) is 33.2 Å². The molecule has 6 aromatic rings. The second-order valence-corrected chi connectivity index (χ2v) is 14.8. The van der Waals surface area contributed by atoms with Crippen molar-refractivity contribution < 1.29 is 37.9 Å². The van der Waals surface area contributed by atoms with Crippen LogP contribution in [0.5, 0.6) is 0 Å². The number of nitrogens with zero attached hydrogens (tertiary/aromatic N) is 4. The molecule has 0 aliphatic rings. The Morgan fingerprint density at radius 3 is 1.63 bits per heavy atom. The summed E-state index contributed by atoms with van der Waals surface area (Å²) in [5, 5.41) is 20.3. The fourth-order valence-electron chi connectivity index (χ4n) is 4.94. The SMILES string of the molecule is CC(C)(C)OC(=O)n1c(-c2cc(Cl)cc(N)n2)cc2c(F)cccc21.CC(C)(C)OC(=O)n1c(B(O)O)cc2c(F)cccc21.Nc1cc(Cl)cc(Cl)n1. The van der Waals surface area contributed by atoms with Crippen LogP contribution in [0.4, 0.5) is 30.0 Å². The summed E-state index contributed by atoms with van der Waals surface area (Å²) in [7, 11) is -1.91. The molecule has 0 atom stereocenters. The second kappa shape index (κ2) is 16.6. The van der Waals surface area contributed by atoms with Gasteiger partial charge in [0, 0.05) is 20.8 Å². The maximum Gasteiger partial charge on any atom is 0.506 e. The molecular weight excluding hydrogens is 768 g/mol. The zero-order valence-corrected chi connectivity index (χ0v) is 32.1. The van der Waals surface area contributed by atoms with Gasteiger partial charge in [0.25, 0.3) is 0 Å². The number of carbonyl (C=O) groups is 2. The maximum absolute atomic E-state index is 14.2. The van der Waals surface area contributed by atoms with Gasteiger partial charge in [-0.25, -0.2) is 32.9 Å². The zero-order chi connectivity index (χ0) is 40.3. The summed E-state index contributed by atoms with van der Waals surface area (Å²) in [6, 6.07) is 17.5. The van der Waals surface area contributed by atoms with Crippen molar-refractivity contribution in [2.24, 2.45) is 0 Å². The minimum absolute atomic E-state index is 0.126. The molecule has 4 heterocycles. The molecule has 0 saturated carbocycles. The molecule has 0 saturated heterocycles. The first-order valence-electron chi connectivity index (χ1n) is 16.0. The highest BCUT2D eigenvalue weighted by atomic mass is 35.5. The van der Waals surface area contributed by atoms with Crippen LogP contribution in [0.15, 0.2) is 72.8 Å². The minimum atomic E-state index is -1.91. The average Bonchev–Trinajstić information content (AvgIpc) is 3.61. The Morgan fingerprint density at radius 1 is 0.704 bits per heavy atom. The Morgan fingerprint density at radius 2 is 1.17 bits per heavy atom. The van der Waals surface area contributed by atoms with Gasteiger partial charge in [-0.05, 0) is 102 Å². The Balaban J connectivity index is 0.000000199. The standard InChI is InChI=1S/C18H17ClFN3O2.C13H15BFNO4.C5H4Cl2N2/c1-18(2,3)25-17(24)23-14-6-4-5-12(20)11(14)9-15(23)13-7-10(19)8-16(21)22-13;1-13(2,3)20-12(17)16-10-6-4-5-9(15)8(10)7-11(16)14(18)19;6-3-1-4(7)9-5(8)2-3/h4-9H,1-3H3,(H2,21,22);4-7,18-19H,1-3H3;1-2H,(H2,8,9). The smallest absolute Gasteiger partial charge is 0.443 e. The summed E-state index contributed by atoms with van der Waals surface area (Å²) in [6.07, 6.45) is -1.43. The van der Waals surface area contributed by atoms with E-state index in [4.69, 9.17) is 55.7 Å². The molecule has 0 fully saturated rings. The third-order valence-electron chi connectivity index (χ3n) is 6.88.